The van der Waals surface area contributed by atoms with E-state index in [9.17, 15) is 27.6 Å². The number of morpholine rings is 1. The van der Waals surface area contributed by atoms with Crippen LogP contribution in [0.5, 0.6) is 0 Å². The molecule has 1 aromatic carbocycles. The monoisotopic (exact) mass is 442 g/mol. The Bertz CT molecular complexity index is 853. The van der Waals surface area contributed by atoms with Crippen LogP contribution in [0, 0.1) is 5.92 Å². The molecule has 0 radical (unpaired) electrons. The Morgan fingerprint density at radius 1 is 1.26 bits per heavy atom. The van der Waals surface area contributed by atoms with E-state index in [0.29, 0.717) is 38.4 Å². The standard InChI is InChI=1S/C20H25F3N4O4/c1-12(2)9-15-18(29)27(19(30)25-15)11-17(28)24-14-10-13(20(21,22)23)3-4-16(14)26-5-7-31-8-6-26/h3-4,10,12,15H,5-9,11H2,1-2H3,(H,24,28)(H,25,30). The fraction of sp³-hybridized carbons (Fsp3) is 0.550. The molecule has 1 aromatic rings. The molecule has 0 aliphatic carbocycles. The number of carbonyl (C=O) groups is 3. The number of rotatable bonds is 6. The minimum atomic E-state index is -4.59. The van der Waals surface area contributed by atoms with Crippen LogP contribution in [0.2, 0.25) is 0 Å². The van der Waals surface area contributed by atoms with Gasteiger partial charge in [0.25, 0.3) is 5.91 Å². The summed E-state index contributed by atoms with van der Waals surface area (Å²) in [6.45, 7) is 4.95. The fourth-order valence-corrected chi connectivity index (χ4v) is 3.58. The Morgan fingerprint density at radius 3 is 2.55 bits per heavy atom. The Kier molecular flexibility index (Phi) is 6.73. The number of nitrogens with zero attached hydrogens (tertiary/aromatic N) is 2. The fourth-order valence-electron chi connectivity index (χ4n) is 3.58. The van der Waals surface area contributed by atoms with Crippen LogP contribution in [-0.4, -0.2) is 61.6 Å². The molecule has 2 aliphatic rings. The van der Waals surface area contributed by atoms with Crippen molar-refractivity contribution in [3.63, 3.8) is 0 Å². The van der Waals surface area contributed by atoms with E-state index in [-0.39, 0.29) is 11.6 Å². The van der Waals surface area contributed by atoms with Crippen molar-refractivity contribution >= 4 is 29.2 Å². The number of benzene rings is 1. The lowest BCUT2D eigenvalue weighted by molar-refractivity contribution is -0.137. The highest BCUT2D eigenvalue weighted by Crippen LogP contribution is 2.35. The highest BCUT2D eigenvalue weighted by Gasteiger charge is 2.39. The largest absolute Gasteiger partial charge is 0.416 e. The highest BCUT2D eigenvalue weighted by atomic mass is 19.4. The van der Waals surface area contributed by atoms with Crippen molar-refractivity contribution < 1.29 is 32.3 Å². The Morgan fingerprint density at radius 2 is 1.94 bits per heavy atom. The number of hydrogen-bond acceptors (Lipinski definition) is 5. The summed E-state index contributed by atoms with van der Waals surface area (Å²) in [7, 11) is 0. The van der Waals surface area contributed by atoms with Gasteiger partial charge in [0, 0.05) is 13.1 Å². The normalized spacial score (nSPS) is 19.7. The summed E-state index contributed by atoms with van der Waals surface area (Å²) in [5, 5.41) is 4.98. The number of amides is 4. The molecule has 2 heterocycles. The molecule has 3 rings (SSSR count). The molecule has 31 heavy (non-hydrogen) atoms. The number of urea groups is 1. The van der Waals surface area contributed by atoms with E-state index in [2.05, 4.69) is 10.6 Å². The summed E-state index contributed by atoms with van der Waals surface area (Å²) in [5.41, 5.74) is -0.529. The second-order valence-corrected chi connectivity index (χ2v) is 7.93. The van der Waals surface area contributed by atoms with E-state index < -0.39 is 42.2 Å². The van der Waals surface area contributed by atoms with Crippen LogP contribution in [0.4, 0.5) is 29.3 Å². The molecule has 0 spiro atoms. The number of ether oxygens (including phenoxy) is 1. The van der Waals surface area contributed by atoms with Crippen molar-refractivity contribution in [3.8, 4) is 0 Å². The summed E-state index contributed by atoms with van der Waals surface area (Å²) >= 11 is 0. The third-order valence-electron chi connectivity index (χ3n) is 5.07. The van der Waals surface area contributed by atoms with Crippen molar-refractivity contribution in [1.82, 2.24) is 10.2 Å². The molecule has 0 aromatic heterocycles. The van der Waals surface area contributed by atoms with Crippen molar-refractivity contribution in [2.45, 2.75) is 32.5 Å². The van der Waals surface area contributed by atoms with Crippen molar-refractivity contribution in [2.75, 3.05) is 43.1 Å². The van der Waals surface area contributed by atoms with Crippen molar-refractivity contribution in [3.05, 3.63) is 23.8 Å². The quantitative estimate of drug-likeness (QED) is 0.661. The van der Waals surface area contributed by atoms with E-state index >= 15 is 0 Å². The van der Waals surface area contributed by atoms with E-state index in [1.54, 1.807) is 0 Å². The lowest BCUT2D eigenvalue weighted by Gasteiger charge is -2.31. The highest BCUT2D eigenvalue weighted by molar-refractivity contribution is 6.08. The molecule has 4 amide bonds. The van der Waals surface area contributed by atoms with Gasteiger partial charge in [0.05, 0.1) is 30.2 Å². The predicted molar refractivity (Wildman–Crippen MR) is 107 cm³/mol. The first-order valence-electron chi connectivity index (χ1n) is 10.0. The zero-order valence-corrected chi connectivity index (χ0v) is 17.3. The number of hydrogen-bond donors (Lipinski definition) is 2. The first-order chi connectivity index (χ1) is 14.6. The Labute approximate surface area is 177 Å². The van der Waals surface area contributed by atoms with E-state index in [1.165, 1.54) is 6.07 Å². The molecule has 1 atom stereocenters. The first-order valence-corrected chi connectivity index (χ1v) is 10.0. The van der Waals surface area contributed by atoms with Gasteiger partial charge in [0.1, 0.15) is 12.6 Å². The number of carbonyl (C=O) groups excluding carboxylic acids is 3. The van der Waals surface area contributed by atoms with E-state index in [4.69, 9.17) is 4.74 Å². The maximum Gasteiger partial charge on any atom is 0.416 e. The molecule has 2 saturated heterocycles. The van der Waals surface area contributed by atoms with Gasteiger partial charge < -0.3 is 20.3 Å². The smallest absolute Gasteiger partial charge is 0.378 e. The average molecular weight is 442 g/mol. The molecular formula is C20H25F3N4O4. The topological polar surface area (TPSA) is 91.0 Å². The Balaban J connectivity index is 1.77. The molecule has 170 valence electrons. The number of nitrogens with one attached hydrogen (secondary N) is 2. The van der Waals surface area contributed by atoms with E-state index in [1.807, 2.05) is 18.7 Å². The SMILES string of the molecule is CC(C)CC1NC(=O)N(CC(=O)Nc2cc(C(F)(F)F)ccc2N2CCOCC2)C1=O. The van der Waals surface area contributed by atoms with Gasteiger partial charge in [-0.15, -0.1) is 0 Å². The summed E-state index contributed by atoms with van der Waals surface area (Å²) in [4.78, 5) is 39.7. The van der Waals surface area contributed by atoms with Crippen molar-refractivity contribution in [1.29, 1.82) is 0 Å². The molecule has 2 N–H and O–H groups in total. The van der Waals surface area contributed by atoms with Gasteiger partial charge >= 0.3 is 12.2 Å². The number of halogens is 3. The van der Waals surface area contributed by atoms with Crippen LogP contribution in [0.1, 0.15) is 25.8 Å². The molecule has 1 unspecified atom stereocenters. The molecule has 11 heteroatoms. The Hall–Kier alpha value is -2.82. The molecule has 0 bridgehead atoms. The van der Waals surface area contributed by atoms with Gasteiger partial charge in [-0.1, -0.05) is 13.8 Å². The average Bonchev–Trinajstić information content (AvgIpc) is 2.94. The minimum Gasteiger partial charge on any atom is -0.378 e. The maximum atomic E-state index is 13.2. The zero-order chi connectivity index (χ0) is 22.8. The van der Waals surface area contributed by atoms with Crippen LogP contribution < -0.4 is 15.5 Å². The summed E-state index contributed by atoms with van der Waals surface area (Å²) < 4.78 is 44.9. The first kappa shape index (κ1) is 22.9. The van der Waals surface area contributed by atoms with Crippen LogP contribution in [-0.2, 0) is 20.5 Å². The lowest BCUT2D eigenvalue weighted by Crippen LogP contribution is -2.39. The second-order valence-electron chi connectivity index (χ2n) is 7.93. The zero-order valence-electron chi connectivity index (χ0n) is 17.3. The summed E-state index contributed by atoms with van der Waals surface area (Å²) in [5.74, 6) is -1.13. The maximum absolute atomic E-state index is 13.2. The second kappa shape index (κ2) is 9.13. The molecule has 0 saturated carbocycles. The van der Waals surface area contributed by atoms with Crippen LogP contribution in [0.25, 0.3) is 0 Å². The van der Waals surface area contributed by atoms with Crippen LogP contribution in [0.3, 0.4) is 0 Å². The van der Waals surface area contributed by atoms with Gasteiger partial charge in [0.2, 0.25) is 5.91 Å². The van der Waals surface area contributed by atoms with Crippen molar-refractivity contribution in [2.24, 2.45) is 5.92 Å². The summed E-state index contributed by atoms with van der Waals surface area (Å²) in [6, 6.07) is 1.71. The van der Waals surface area contributed by atoms with Gasteiger partial charge in [-0.2, -0.15) is 13.2 Å². The minimum absolute atomic E-state index is 0.0347. The van der Waals surface area contributed by atoms with Gasteiger partial charge in [-0.3, -0.25) is 14.5 Å². The lowest BCUT2D eigenvalue weighted by atomic mass is 10.0. The molecule has 2 aliphatic heterocycles. The molecule has 8 nitrogen and oxygen atoms in total. The number of imide groups is 1. The molecule has 2 fully saturated rings. The predicted octanol–water partition coefficient (Wildman–Crippen LogP) is 2.45. The van der Waals surface area contributed by atoms with Gasteiger partial charge in [-0.05, 0) is 30.5 Å². The number of alkyl halides is 3. The third-order valence-corrected chi connectivity index (χ3v) is 5.07. The number of anilines is 2. The van der Waals surface area contributed by atoms with Crippen LogP contribution in [0.15, 0.2) is 18.2 Å². The van der Waals surface area contributed by atoms with Crippen LogP contribution >= 0.6 is 0 Å². The van der Waals surface area contributed by atoms with Gasteiger partial charge in [-0.25, -0.2) is 4.79 Å². The summed E-state index contributed by atoms with van der Waals surface area (Å²) in [6.07, 6.45) is -4.16. The third kappa shape index (κ3) is 5.46. The molecular weight excluding hydrogens is 417 g/mol. The van der Waals surface area contributed by atoms with Gasteiger partial charge in [0.15, 0.2) is 0 Å². The van der Waals surface area contributed by atoms with E-state index in [0.717, 1.165) is 17.0 Å².